The van der Waals surface area contributed by atoms with Gasteiger partial charge in [-0.15, -0.1) is 0 Å². The number of ether oxygens (including phenoxy) is 2. The standard InChI is InChI=1S/C10H17NO6/c1-4-9(17-6(3)13)7(11-5(2)12)8(14)10(15)16-4/h4,7-10,14-15H,1-3H3,(H,11,12)/t4-,7-,8+,9+,10-/m1/s1. The average Bonchev–Trinajstić information content (AvgIpc) is 2.19. The molecule has 17 heavy (non-hydrogen) atoms. The van der Waals surface area contributed by atoms with E-state index in [-0.39, 0.29) is 0 Å². The van der Waals surface area contributed by atoms with E-state index in [9.17, 15) is 19.8 Å². The third kappa shape index (κ3) is 3.39. The number of aliphatic hydroxyl groups is 2. The van der Waals surface area contributed by atoms with Crippen molar-refractivity contribution in [3.8, 4) is 0 Å². The molecule has 1 aliphatic rings. The third-order valence-corrected chi connectivity index (χ3v) is 2.50. The van der Waals surface area contributed by atoms with Crippen molar-refractivity contribution in [3.63, 3.8) is 0 Å². The zero-order valence-corrected chi connectivity index (χ0v) is 9.91. The largest absolute Gasteiger partial charge is 0.457 e. The quantitative estimate of drug-likeness (QED) is 0.514. The van der Waals surface area contributed by atoms with Crippen molar-refractivity contribution in [2.45, 2.75) is 51.4 Å². The van der Waals surface area contributed by atoms with E-state index in [1.807, 2.05) is 0 Å². The van der Waals surface area contributed by atoms with Gasteiger partial charge >= 0.3 is 5.97 Å². The van der Waals surface area contributed by atoms with Crippen molar-refractivity contribution in [1.29, 1.82) is 0 Å². The van der Waals surface area contributed by atoms with Crippen molar-refractivity contribution in [2.24, 2.45) is 0 Å². The van der Waals surface area contributed by atoms with Crippen LogP contribution in [0.4, 0.5) is 0 Å². The molecular weight excluding hydrogens is 230 g/mol. The number of esters is 1. The minimum absolute atomic E-state index is 0.396. The van der Waals surface area contributed by atoms with Gasteiger partial charge in [0.15, 0.2) is 12.4 Å². The van der Waals surface area contributed by atoms with E-state index in [1.54, 1.807) is 6.92 Å². The maximum atomic E-state index is 11.0. The first-order valence-corrected chi connectivity index (χ1v) is 5.29. The van der Waals surface area contributed by atoms with Crippen LogP contribution in [0.3, 0.4) is 0 Å². The van der Waals surface area contributed by atoms with Crippen LogP contribution in [-0.2, 0) is 19.1 Å². The van der Waals surface area contributed by atoms with Crippen LogP contribution in [0, 0.1) is 0 Å². The molecule has 1 amide bonds. The van der Waals surface area contributed by atoms with Crippen molar-refractivity contribution >= 4 is 11.9 Å². The second-order valence-corrected chi connectivity index (χ2v) is 4.02. The molecule has 7 heteroatoms. The molecule has 1 saturated heterocycles. The van der Waals surface area contributed by atoms with Gasteiger partial charge in [-0.25, -0.2) is 0 Å². The van der Waals surface area contributed by atoms with E-state index in [2.05, 4.69) is 5.32 Å². The van der Waals surface area contributed by atoms with Crippen molar-refractivity contribution < 1.29 is 29.3 Å². The van der Waals surface area contributed by atoms with Crippen LogP contribution in [0.25, 0.3) is 0 Å². The average molecular weight is 247 g/mol. The molecule has 1 aliphatic heterocycles. The summed E-state index contributed by atoms with van der Waals surface area (Å²) in [6, 6.07) is -0.893. The fraction of sp³-hybridized carbons (Fsp3) is 0.800. The highest BCUT2D eigenvalue weighted by atomic mass is 16.6. The van der Waals surface area contributed by atoms with Crippen LogP contribution >= 0.6 is 0 Å². The van der Waals surface area contributed by atoms with Gasteiger partial charge in [-0.3, -0.25) is 9.59 Å². The fourth-order valence-corrected chi connectivity index (χ4v) is 1.80. The van der Waals surface area contributed by atoms with Crippen LogP contribution in [0.5, 0.6) is 0 Å². The molecule has 0 saturated carbocycles. The summed E-state index contributed by atoms with van der Waals surface area (Å²) in [5.41, 5.74) is 0. The summed E-state index contributed by atoms with van der Waals surface area (Å²) in [6.07, 6.45) is -4.24. The van der Waals surface area contributed by atoms with Gasteiger partial charge in [-0.2, -0.15) is 0 Å². The maximum absolute atomic E-state index is 11.0. The second-order valence-electron chi connectivity index (χ2n) is 4.02. The van der Waals surface area contributed by atoms with Gasteiger partial charge in [0, 0.05) is 13.8 Å². The summed E-state index contributed by atoms with van der Waals surface area (Å²) < 4.78 is 9.99. The lowest BCUT2D eigenvalue weighted by Crippen LogP contribution is -2.64. The maximum Gasteiger partial charge on any atom is 0.303 e. The van der Waals surface area contributed by atoms with Crippen LogP contribution in [0.2, 0.25) is 0 Å². The molecule has 1 fully saturated rings. The number of nitrogens with one attached hydrogen (secondary N) is 1. The van der Waals surface area contributed by atoms with Gasteiger partial charge in [-0.05, 0) is 6.92 Å². The molecule has 0 radical (unpaired) electrons. The summed E-state index contributed by atoms with van der Waals surface area (Å²) in [6.45, 7) is 4.07. The predicted octanol–water partition coefficient (Wildman–Crippen LogP) is -1.48. The van der Waals surface area contributed by atoms with Crippen LogP contribution in [0.1, 0.15) is 20.8 Å². The van der Waals surface area contributed by atoms with E-state index >= 15 is 0 Å². The molecule has 1 rings (SSSR count). The monoisotopic (exact) mass is 247 g/mol. The first-order chi connectivity index (χ1) is 7.82. The molecule has 0 spiro atoms. The normalized spacial score (nSPS) is 37.4. The Labute approximate surface area is 98.7 Å². The van der Waals surface area contributed by atoms with Crippen molar-refractivity contribution in [2.75, 3.05) is 0 Å². The molecule has 0 aromatic heterocycles. The third-order valence-electron chi connectivity index (χ3n) is 2.50. The zero-order chi connectivity index (χ0) is 13.2. The van der Waals surface area contributed by atoms with Gasteiger partial charge in [0.25, 0.3) is 0 Å². The lowest BCUT2D eigenvalue weighted by atomic mass is 9.96. The molecule has 0 aliphatic carbocycles. The van der Waals surface area contributed by atoms with Crippen LogP contribution in [0.15, 0.2) is 0 Å². The highest BCUT2D eigenvalue weighted by molar-refractivity contribution is 5.73. The fourth-order valence-electron chi connectivity index (χ4n) is 1.80. The van der Waals surface area contributed by atoms with Gasteiger partial charge in [0.05, 0.1) is 12.1 Å². The number of aliphatic hydroxyl groups excluding tert-OH is 2. The van der Waals surface area contributed by atoms with Gasteiger partial charge < -0.3 is 25.0 Å². The molecule has 0 bridgehead atoms. The Hall–Kier alpha value is -1.18. The summed E-state index contributed by atoms with van der Waals surface area (Å²) in [5, 5.41) is 21.6. The zero-order valence-electron chi connectivity index (χ0n) is 9.91. The highest BCUT2D eigenvalue weighted by Gasteiger charge is 2.45. The molecule has 98 valence electrons. The molecule has 0 unspecified atom stereocenters. The summed E-state index contributed by atoms with van der Waals surface area (Å²) in [5.74, 6) is -0.947. The second kappa shape index (κ2) is 5.44. The van der Waals surface area contributed by atoms with Gasteiger partial charge in [0.2, 0.25) is 5.91 Å². The van der Waals surface area contributed by atoms with Crippen LogP contribution in [-0.4, -0.2) is 52.7 Å². The van der Waals surface area contributed by atoms with E-state index in [0.29, 0.717) is 0 Å². The van der Waals surface area contributed by atoms with Crippen molar-refractivity contribution in [1.82, 2.24) is 5.32 Å². The minimum atomic E-state index is -1.42. The van der Waals surface area contributed by atoms with E-state index in [4.69, 9.17) is 9.47 Å². The molecule has 1 heterocycles. The SMILES string of the molecule is CC(=O)N[C@@H]1[C@H](O)[C@H](O)O[C@H](C)[C@@H]1OC(C)=O. The smallest absolute Gasteiger partial charge is 0.303 e. The molecule has 0 aromatic carbocycles. The Bertz CT molecular complexity index is 307. The first kappa shape index (κ1) is 13.9. The Balaban J connectivity index is 2.86. The lowest BCUT2D eigenvalue weighted by Gasteiger charge is -2.41. The van der Waals surface area contributed by atoms with Gasteiger partial charge in [0.1, 0.15) is 6.10 Å². The number of rotatable bonds is 2. The Morgan fingerprint density at radius 2 is 1.88 bits per heavy atom. The number of amides is 1. The van der Waals surface area contributed by atoms with Crippen LogP contribution < -0.4 is 5.32 Å². The number of carbonyl (C=O) groups excluding carboxylic acids is 2. The molecule has 0 aromatic rings. The van der Waals surface area contributed by atoms with E-state index in [1.165, 1.54) is 13.8 Å². The summed E-state index contributed by atoms with van der Waals surface area (Å²) in [4.78, 5) is 22.0. The Morgan fingerprint density at radius 1 is 1.29 bits per heavy atom. The lowest BCUT2D eigenvalue weighted by molar-refractivity contribution is -0.256. The predicted molar refractivity (Wildman–Crippen MR) is 55.7 cm³/mol. The molecule has 7 nitrogen and oxygen atoms in total. The molecule has 3 N–H and O–H groups in total. The van der Waals surface area contributed by atoms with Gasteiger partial charge in [-0.1, -0.05) is 0 Å². The van der Waals surface area contributed by atoms with E-state index < -0.39 is 42.5 Å². The number of carbonyl (C=O) groups is 2. The summed E-state index contributed by atoms with van der Waals surface area (Å²) >= 11 is 0. The highest BCUT2D eigenvalue weighted by Crippen LogP contribution is 2.22. The minimum Gasteiger partial charge on any atom is -0.457 e. The topological polar surface area (TPSA) is 105 Å². The molecular formula is C10H17NO6. The number of hydrogen-bond donors (Lipinski definition) is 3. The van der Waals surface area contributed by atoms with Crippen molar-refractivity contribution in [3.05, 3.63) is 0 Å². The number of hydrogen-bond acceptors (Lipinski definition) is 6. The Kier molecular flexibility index (Phi) is 4.44. The van der Waals surface area contributed by atoms with E-state index in [0.717, 1.165) is 0 Å². The first-order valence-electron chi connectivity index (χ1n) is 5.29. The molecule has 5 atom stereocenters. The Morgan fingerprint density at radius 3 is 2.35 bits per heavy atom. The summed E-state index contributed by atoms with van der Waals surface area (Å²) in [7, 11) is 0.